The average Bonchev–Trinajstić information content (AvgIpc) is 2.92. The molecule has 2 aliphatic heterocycles. The Kier molecular flexibility index (Phi) is 4.95. The van der Waals surface area contributed by atoms with Crippen LogP contribution in [0.4, 0.5) is 5.69 Å². The van der Waals surface area contributed by atoms with E-state index in [-0.39, 0.29) is 17.9 Å². The second-order valence-electron chi connectivity index (χ2n) is 7.27. The molecule has 2 atom stereocenters. The number of anilines is 1. The van der Waals surface area contributed by atoms with E-state index in [2.05, 4.69) is 0 Å². The summed E-state index contributed by atoms with van der Waals surface area (Å²) in [6, 6.07) is 2.02. The van der Waals surface area contributed by atoms with E-state index in [9.17, 15) is 4.79 Å². The highest BCUT2D eigenvalue weighted by Crippen LogP contribution is 2.48. The first-order valence-corrected chi connectivity index (χ1v) is 10.0. The fraction of sp³-hybridized carbons (Fsp3) is 0.647. The minimum absolute atomic E-state index is 0.222. The number of aliphatic imine (C=N–C) groups is 1. The van der Waals surface area contributed by atoms with Gasteiger partial charge in [0.2, 0.25) is 0 Å². The second-order valence-corrected chi connectivity index (χ2v) is 9.27. The molecule has 2 N–H and O–H groups in total. The van der Waals surface area contributed by atoms with Gasteiger partial charge in [0.1, 0.15) is 11.1 Å². The first-order valence-electron chi connectivity index (χ1n) is 8.14. The van der Waals surface area contributed by atoms with Gasteiger partial charge < -0.3 is 15.2 Å². The van der Waals surface area contributed by atoms with Crippen LogP contribution in [0.25, 0.3) is 0 Å². The number of nitrogen functional groups attached to an aromatic ring is 1. The van der Waals surface area contributed by atoms with Crippen molar-refractivity contribution in [3.05, 3.63) is 16.3 Å². The number of hydrogen-bond acceptors (Lipinski definition) is 7. The molecule has 2 aliphatic rings. The topological polar surface area (TPSA) is 73.9 Å². The van der Waals surface area contributed by atoms with Gasteiger partial charge in [-0.3, -0.25) is 9.79 Å². The van der Waals surface area contributed by atoms with E-state index in [1.165, 1.54) is 4.88 Å². The molecule has 0 bridgehead atoms. The molecule has 0 unspecified atom stereocenters. The van der Waals surface area contributed by atoms with E-state index in [1.807, 2.05) is 32.2 Å². The minimum Gasteiger partial charge on any atom is -0.460 e. The van der Waals surface area contributed by atoms with Crippen LogP contribution in [-0.2, 0) is 19.8 Å². The van der Waals surface area contributed by atoms with E-state index in [1.54, 1.807) is 23.1 Å². The van der Waals surface area contributed by atoms with Crippen LogP contribution >= 0.6 is 23.1 Å². The predicted octanol–water partition coefficient (Wildman–Crippen LogP) is 3.44. The van der Waals surface area contributed by atoms with Crippen LogP contribution in [0.15, 0.2) is 16.4 Å². The number of esters is 1. The lowest BCUT2D eigenvalue weighted by atomic mass is 9.80. The number of rotatable bonds is 3. The highest BCUT2D eigenvalue weighted by Gasteiger charge is 2.46. The summed E-state index contributed by atoms with van der Waals surface area (Å²) in [5, 5.41) is 2.82. The number of carbonyl (C=O) groups is 1. The summed E-state index contributed by atoms with van der Waals surface area (Å²) in [5.74, 6) is 0.996. The fourth-order valence-electron chi connectivity index (χ4n) is 3.13. The van der Waals surface area contributed by atoms with Gasteiger partial charge in [-0.05, 0) is 26.8 Å². The zero-order chi connectivity index (χ0) is 17.4. The van der Waals surface area contributed by atoms with Gasteiger partial charge >= 0.3 is 5.97 Å². The lowest BCUT2D eigenvalue weighted by Gasteiger charge is -2.43. The predicted molar refractivity (Wildman–Crippen MR) is 99.7 cm³/mol. The van der Waals surface area contributed by atoms with Gasteiger partial charge in [-0.25, -0.2) is 0 Å². The first-order chi connectivity index (χ1) is 11.3. The van der Waals surface area contributed by atoms with Crippen molar-refractivity contribution < 1.29 is 14.3 Å². The molecule has 24 heavy (non-hydrogen) atoms. The van der Waals surface area contributed by atoms with Crippen molar-refractivity contribution in [2.45, 2.75) is 44.8 Å². The smallest absolute Gasteiger partial charge is 0.312 e. The molecule has 1 aromatic heterocycles. The highest BCUT2D eigenvalue weighted by molar-refractivity contribution is 8.14. The molecule has 0 saturated carbocycles. The number of ether oxygens (including phenoxy) is 2. The van der Waals surface area contributed by atoms with Crippen LogP contribution in [-0.4, -0.2) is 35.6 Å². The number of fused-ring (bicyclic) bond motifs is 1. The van der Waals surface area contributed by atoms with Crippen molar-refractivity contribution in [3.8, 4) is 0 Å². The Labute approximate surface area is 151 Å². The number of hydrogen-bond donors (Lipinski definition) is 1. The van der Waals surface area contributed by atoms with Crippen molar-refractivity contribution in [1.29, 1.82) is 0 Å². The summed E-state index contributed by atoms with van der Waals surface area (Å²) in [4.78, 5) is 18.4. The Morgan fingerprint density at radius 3 is 3.00 bits per heavy atom. The molecule has 0 aromatic carbocycles. The van der Waals surface area contributed by atoms with Crippen LogP contribution in [0.2, 0.25) is 0 Å². The lowest BCUT2D eigenvalue weighted by molar-refractivity contribution is -0.153. The van der Waals surface area contributed by atoms with Crippen LogP contribution in [0.1, 0.15) is 38.5 Å². The molecule has 0 spiro atoms. The molecule has 7 heteroatoms. The van der Waals surface area contributed by atoms with Crippen molar-refractivity contribution >= 4 is 39.8 Å². The lowest BCUT2D eigenvalue weighted by Crippen LogP contribution is -2.45. The minimum atomic E-state index is -0.474. The van der Waals surface area contributed by atoms with Gasteiger partial charge in [0, 0.05) is 40.6 Å². The zero-order valence-corrected chi connectivity index (χ0v) is 16.0. The van der Waals surface area contributed by atoms with Gasteiger partial charge in [0.25, 0.3) is 0 Å². The van der Waals surface area contributed by atoms with E-state index in [4.69, 9.17) is 20.2 Å². The molecule has 0 aliphatic carbocycles. The standard InChI is InChI=1S/C17H24N2O3S2/c1-16(2,3)22-15(20)7-14-19-17(13-6-12(18)10-23-13)4-5-21-8-11(17)9-24-14/h6,10-11H,4-5,7-9,18H2,1-3H3/t11-,17-/m0/s1. The Morgan fingerprint density at radius 1 is 1.54 bits per heavy atom. The highest BCUT2D eigenvalue weighted by atomic mass is 32.2. The van der Waals surface area contributed by atoms with E-state index in [0.29, 0.717) is 19.1 Å². The Bertz CT molecular complexity index is 651. The summed E-state index contributed by atoms with van der Waals surface area (Å²) < 4.78 is 11.1. The molecule has 5 nitrogen and oxygen atoms in total. The maximum Gasteiger partial charge on any atom is 0.312 e. The van der Waals surface area contributed by atoms with Crippen LogP contribution in [0.5, 0.6) is 0 Å². The Morgan fingerprint density at radius 2 is 2.33 bits per heavy atom. The van der Waals surface area contributed by atoms with Gasteiger partial charge in [0.15, 0.2) is 0 Å². The maximum absolute atomic E-state index is 12.2. The Hall–Kier alpha value is -1.05. The van der Waals surface area contributed by atoms with Crippen molar-refractivity contribution in [3.63, 3.8) is 0 Å². The van der Waals surface area contributed by atoms with Crippen molar-refractivity contribution in [2.24, 2.45) is 10.9 Å². The summed E-state index contributed by atoms with van der Waals surface area (Å²) in [6.07, 6.45) is 1.06. The molecule has 0 amide bonds. The van der Waals surface area contributed by atoms with E-state index < -0.39 is 5.60 Å². The number of nitrogens with two attached hydrogens (primary N) is 1. The quantitative estimate of drug-likeness (QED) is 0.827. The van der Waals surface area contributed by atoms with Crippen LogP contribution in [0.3, 0.4) is 0 Å². The van der Waals surface area contributed by atoms with E-state index >= 15 is 0 Å². The normalized spacial score (nSPS) is 27.3. The SMILES string of the molecule is CC(C)(C)OC(=O)CC1=N[C@@]2(c3cc(N)cs3)CCOC[C@H]2CS1. The van der Waals surface area contributed by atoms with Gasteiger partial charge in [-0.15, -0.1) is 23.1 Å². The van der Waals surface area contributed by atoms with E-state index in [0.717, 1.165) is 22.9 Å². The molecule has 132 valence electrons. The summed E-state index contributed by atoms with van der Waals surface area (Å²) >= 11 is 3.30. The third-order valence-electron chi connectivity index (χ3n) is 4.16. The second kappa shape index (κ2) is 6.69. The summed E-state index contributed by atoms with van der Waals surface area (Å²) in [5.41, 5.74) is 5.94. The molecule has 0 radical (unpaired) electrons. The molecule has 3 rings (SSSR count). The fourth-order valence-corrected chi connectivity index (χ4v) is 5.40. The monoisotopic (exact) mass is 368 g/mol. The average molecular weight is 369 g/mol. The largest absolute Gasteiger partial charge is 0.460 e. The molecule has 1 aromatic rings. The zero-order valence-electron chi connectivity index (χ0n) is 14.3. The van der Waals surface area contributed by atoms with Gasteiger partial charge in [0.05, 0.1) is 18.1 Å². The van der Waals surface area contributed by atoms with Crippen molar-refractivity contribution in [1.82, 2.24) is 0 Å². The number of thioether (sulfide) groups is 1. The first kappa shape index (κ1) is 17.8. The molecule has 3 heterocycles. The van der Waals surface area contributed by atoms with Crippen molar-refractivity contribution in [2.75, 3.05) is 24.7 Å². The number of thiophene rings is 1. The van der Waals surface area contributed by atoms with Gasteiger partial charge in [-0.2, -0.15) is 0 Å². The molecular formula is C17H24N2O3S2. The molecule has 1 fully saturated rings. The Balaban J connectivity index is 1.86. The van der Waals surface area contributed by atoms with Crippen LogP contribution < -0.4 is 5.73 Å². The third kappa shape index (κ3) is 3.78. The summed E-state index contributed by atoms with van der Waals surface area (Å²) in [6.45, 7) is 7.03. The number of nitrogens with zero attached hydrogens (tertiary/aromatic N) is 1. The molecular weight excluding hydrogens is 344 g/mol. The third-order valence-corrected chi connectivity index (χ3v) is 6.41. The van der Waals surface area contributed by atoms with Gasteiger partial charge in [-0.1, -0.05) is 0 Å². The summed E-state index contributed by atoms with van der Waals surface area (Å²) in [7, 11) is 0. The maximum atomic E-state index is 12.2. The van der Waals surface area contributed by atoms with Crippen LogP contribution in [0, 0.1) is 5.92 Å². The number of carbonyl (C=O) groups excluding carboxylic acids is 1. The molecule has 1 saturated heterocycles.